The average Bonchev–Trinajstić information content (AvgIpc) is 2.75. The first-order valence-corrected chi connectivity index (χ1v) is 12.6. The van der Waals surface area contributed by atoms with E-state index in [0.29, 0.717) is 19.5 Å². The molecule has 2 unspecified atom stereocenters. The number of amides is 2. The summed E-state index contributed by atoms with van der Waals surface area (Å²) in [5.74, 6) is -0.809. The molecule has 10 heteroatoms. The standard InChI is InChI=1S/C22H35N3O6S/c1-5-16(2)20(24-22(27)30-15-19-9-7-6-8-10-19)21(26)23-11-12-32(28,29)25-13-17(3)31-18(4)14-25/h6-10,16-18,20H,5,11-15H2,1-4H3,(H,23,26)(H,24,27)/t16-,17?,18?,20-/m0/s1. The van der Waals surface area contributed by atoms with Gasteiger partial charge in [-0.15, -0.1) is 0 Å². The van der Waals surface area contributed by atoms with Gasteiger partial charge in [0.05, 0.1) is 18.0 Å². The average molecular weight is 470 g/mol. The Labute approximate surface area is 190 Å². The molecule has 0 radical (unpaired) electrons. The molecule has 1 aliphatic rings. The van der Waals surface area contributed by atoms with Crippen LogP contribution < -0.4 is 10.6 Å². The number of nitrogens with zero attached hydrogens (tertiary/aromatic N) is 1. The molecule has 2 rings (SSSR count). The summed E-state index contributed by atoms with van der Waals surface area (Å²) in [6, 6.07) is 8.41. The third kappa shape index (κ3) is 8.07. The predicted octanol–water partition coefficient (Wildman–Crippen LogP) is 1.88. The molecule has 4 atom stereocenters. The van der Waals surface area contributed by atoms with Crippen LogP contribution in [0.25, 0.3) is 0 Å². The fraction of sp³-hybridized carbons (Fsp3) is 0.636. The van der Waals surface area contributed by atoms with Crippen molar-refractivity contribution >= 4 is 22.0 Å². The Balaban J connectivity index is 1.87. The van der Waals surface area contributed by atoms with Crippen molar-refractivity contribution in [2.45, 2.75) is 59.0 Å². The van der Waals surface area contributed by atoms with Crippen LogP contribution in [-0.2, 0) is 30.9 Å². The van der Waals surface area contributed by atoms with Crippen molar-refractivity contribution in [3.8, 4) is 0 Å². The maximum Gasteiger partial charge on any atom is 0.408 e. The van der Waals surface area contributed by atoms with Gasteiger partial charge in [-0.05, 0) is 25.3 Å². The van der Waals surface area contributed by atoms with Gasteiger partial charge in [0.1, 0.15) is 12.6 Å². The van der Waals surface area contributed by atoms with Gasteiger partial charge in [0, 0.05) is 19.6 Å². The first-order chi connectivity index (χ1) is 15.1. The summed E-state index contributed by atoms with van der Waals surface area (Å²) < 4.78 is 37.5. The molecule has 32 heavy (non-hydrogen) atoms. The van der Waals surface area contributed by atoms with E-state index in [-0.39, 0.29) is 37.0 Å². The minimum absolute atomic E-state index is 0.0467. The summed E-state index contributed by atoms with van der Waals surface area (Å²) >= 11 is 0. The molecule has 1 heterocycles. The van der Waals surface area contributed by atoms with Gasteiger partial charge in [0.2, 0.25) is 15.9 Å². The molecule has 1 aromatic carbocycles. The molecular weight excluding hydrogens is 434 g/mol. The zero-order chi connectivity index (χ0) is 23.7. The lowest BCUT2D eigenvalue weighted by molar-refractivity contribution is -0.124. The predicted molar refractivity (Wildman–Crippen MR) is 121 cm³/mol. The summed E-state index contributed by atoms with van der Waals surface area (Å²) in [5.41, 5.74) is 0.837. The van der Waals surface area contributed by atoms with Crippen LogP contribution in [0.2, 0.25) is 0 Å². The van der Waals surface area contributed by atoms with Crippen LogP contribution >= 0.6 is 0 Å². The van der Waals surface area contributed by atoms with Gasteiger partial charge < -0.3 is 20.1 Å². The van der Waals surface area contributed by atoms with E-state index < -0.39 is 28.1 Å². The molecule has 1 aliphatic heterocycles. The molecule has 0 aliphatic carbocycles. The second kappa shape index (κ2) is 12.2. The van der Waals surface area contributed by atoms with Gasteiger partial charge in [0.15, 0.2) is 0 Å². The Morgan fingerprint density at radius 3 is 2.41 bits per heavy atom. The third-order valence-electron chi connectivity index (χ3n) is 5.42. The molecule has 0 aromatic heterocycles. The van der Waals surface area contributed by atoms with Crippen LogP contribution in [0.3, 0.4) is 0 Å². The van der Waals surface area contributed by atoms with Gasteiger partial charge >= 0.3 is 6.09 Å². The van der Waals surface area contributed by atoms with E-state index in [0.717, 1.165) is 5.56 Å². The Kier molecular flexibility index (Phi) is 9.92. The van der Waals surface area contributed by atoms with Crippen LogP contribution in [0.15, 0.2) is 30.3 Å². The van der Waals surface area contributed by atoms with Crippen molar-refractivity contribution in [2.75, 3.05) is 25.4 Å². The Bertz CT molecular complexity index is 838. The van der Waals surface area contributed by atoms with Crippen LogP contribution in [0.5, 0.6) is 0 Å². The van der Waals surface area contributed by atoms with E-state index in [1.54, 1.807) is 0 Å². The fourth-order valence-electron chi connectivity index (χ4n) is 3.49. The van der Waals surface area contributed by atoms with Gasteiger partial charge in [-0.2, -0.15) is 4.31 Å². The number of carbonyl (C=O) groups is 2. The molecule has 0 spiro atoms. The minimum atomic E-state index is -3.53. The lowest BCUT2D eigenvalue weighted by atomic mass is 9.98. The molecular formula is C22H35N3O6S. The van der Waals surface area contributed by atoms with E-state index in [4.69, 9.17) is 9.47 Å². The molecule has 1 saturated heterocycles. The van der Waals surface area contributed by atoms with E-state index in [1.807, 2.05) is 58.0 Å². The molecule has 1 aromatic rings. The highest BCUT2D eigenvalue weighted by atomic mass is 32.2. The van der Waals surface area contributed by atoms with Crippen molar-refractivity contribution in [2.24, 2.45) is 5.92 Å². The minimum Gasteiger partial charge on any atom is -0.445 e. The van der Waals surface area contributed by atoms with Crippen LogP contribution in [0.4, 0.5) is 4.79 Å². The number of ether oxygens (including phenoxy) is 2. The van der Waals surface area contributed by atoms with Crippen LogP contribution in [0.1, 0.15) is 39.7 Å². The second-order valence-corrected chi connectivity index (χ2v) is 10.3. The highest BCUT2D eigenvalue weighted by Gasteiger charge is 2.31. The summed E-state index contributed by atoms with van der Waals surface area (Å²) in [6.45, 7) is 8.06. The molecule has 2 N–H and O–H groups in total. The number of rotatable bonds is 10. The number of benzene rings is 1. The fourth-order valence-corrected chi connectivity index (χ4v) is 4.99. The highest BCUT2D eigenvalue weighted by Crippen LogP contribution is 2.15. The number of carbonyl (C=O) groups excluding carboxylic acids is 2. The molecule has 2 amide bonds. The summed E-state index contributed by atoms with van der Waals surface area (Å²) in [6.07, 6.45) is -0.398. The second-order valence-electron chi connectivity index (χ2n) is 8.25. The SMILES string of the molecule is CC[C@H](C)[C@H](NC(=O)OCc1ccccc1)C(=O)NCCS(=O)(=O)N1CC(C)OC(C)C1. The van der Waals surface area contributed by atoms with Gasteiger partial charge in [-0.3, -0.25) is 4.79 Å². The smallest absolute Gasteiger partial charge is 0.408 e. The third-order valence-corrected chi connectivity index (χ3v) is 7.23. The maximum absolute atomic E-state index is 12.7. The van der Waals surface area contributed by atoms with Crippen LogP contribution in [0, 0.1) is 5.92 Å². The summed E-state index contributed by atoms with van der Waals surface area (Å²) in [4.78, 5) is 24.9. The number of hydrogen-bond donors (Lipinski definition) is 2. The number of morpholine rings is 1. The zero-order valence-electron chi connectivity index (χ0n) is 19.2. The van der Waals surface area contributed by atoms with Crippen molar-refractivity contribution in [1.82, 2.24) is 14.9 Å². The van der Waals surface area contributed by atoms with Crippen LogP contribution in [-0.4, -0.2) is 68.4 Å². The van der Waals surface area contributed by atoms with Crippen molar-refractivity contribution in [3.63, 3.8) is 0 Å². The van der Waals surface area contributed by atoms with Crippen molar-refractivity contribution in [3.05, 3.63) is 35.9 Å². The molecule has 180 valence electrons. The molecule has 9 nitrogen and oxygen atoms in total. The lowest BCUT2D eigenvalue weighted by Crippen LogP contribution is -2.52. The lowest BCUT2D eigenvalue weighted by Gasteiger charge is -2.34. The largest absolute Gasteiger partial charge is 0.445 e. The first-order valence-electron chi connectivity index (χ1n) is 11.0. The van der Waals surface area contributed by atoms with Gasteiger partial charge in [-0.1, -0.05) is 50.6 Å². The zero-order valence-corrected chi connectivity index (χ0v) is 20.1. The number of alkyl carbamates (subject to hydrolysis) is 1. The number of hydrogen-bond acceptors (Lipinski definition) is 6. The Hall–Kier alpha value is -2.17. The number of nitrogens with one attached hydrogen (secondary N) is 2. The summed E-state index contributed by atoms with van der Waals surface area (Å²) in [5, 5.41) is 5.26. The maximum atomic E-state index is 12.7. The van der Waals surface area contributed by atoms with E-state index >= 15 is 0 Å². The number of sulfonamides is 1. The quantitative estimate of drug-likeness (QED) is 0.541. The van der Waals surface area contributed by atoms with Gasteiger partial charge in [0.25, 0.3) is 0 Å². The van der Waals surface area contributed by atoms with E-state index in [1.165, 1.54) is 4.31 Å². The monoisotopic (exact) mass is 469 g/mol. The van der Waals surface area contributed by atoms with Crippen molar-refractivity contribution in [1.29, 1.82) is 0 Å². The topological polar surface area (TPSA) is 114 Å². The molecule has 0 bridgehead atoms. The molecule has 1 fully saturated rings. The van der Waals surface area contributed by atoms with Crippen molar-refractivity contribution < 1.29 is 27.5 Å². The normalized spacial score (nSPS) is 21.4. The first kappa shape index (κ1) is 26.1. The van der Waals surface area contributed by atoms with E-state index in [2.05, 4.69) is 10.6 Å². The summed E-state index contributed by atoms with van der Waals surface area (Å²) in [7, 11) is -3.53. The molecule has 0 saturated carbocycles. The van der Waals surface area contributed by atoms with Gasteiger partial charge in [-0.25, -0.2) is 13.2 Å². The Morgan fingerprint density at radius 2 is 1.81 bits per heavy atom. The highest BCUT2D eigenvalue weighted by molar-refractivity contribution is 7.89. The Morgan fingerprint density at radius 1 is 1.19 bits per heavy atom. The van der Waals surface area contributed by atoms with E-state index in [9.17, 15) is 18.0 Å².